The van der Waals surface area contributed by atoms with Gasteiger partial charge in [0.05, 0.1) is 12.9 Å². The molecule has 0 aromatic heterocycles. The van der Waals surface area contributed by atoms with Gasteiger partial charge in [-0.2, -0.15) is 0 Å². The number of esters is 1. The first kappa shape index (κ1) is 16.7. The van der Waals surface area contributed by atoms with Crippen molar-refractivity contribution in [3.8, 4) is 0 Å². The highest BCUT2D eigenvalue weighted by Gasteiger charge is 2.18. The fourth-order valence-corrected chi connectivity index (χ4v) is 3.41. The highest BCUT2D eigenvalue weighted by atomic mass is 35.5. The Labute approximate surface area is 139 Å². The monoisotopic (exact) mass is 335 g/mol. The third-order valence-electron chi connectivity index (χ3n) is 3.36. The predicted octanol–water partition coefficient (Wildman–Crippen LogP) is 3.96. The van der Waals surface area contributed by atoms with E-state index in [9.17, 15) is 4.79 Å². The molecule has 0 bridgehead atoms. The van der Waals surface area contributed by atoms with Gasteiger partial charge in [0, 0.05) is 22.4 Å². The van der Waals surface area contributed by atoms with Crippen molar-refractivity contribution in [2.75, 3.05) is 24.3 Å². The summed E-state index contributed by atoms with van der Waals surface area (Å²) in [5, 5.41) is 0.656. The molecule has 2 aromatic carbocycles. The molecule has 2 aromatic rings. The van der Waals surface area contributed by atoms with E-state index in [1.807, 2.05) is 30.3 Å². The first-order chi connectivity index (χ1) is 10.6. The average molecular weight is 336 g/mol. The van der Waals surface area contributed by atoms with E-state index in [4.69, 9.17) is 17.3 Å². The van der Waals surface area contributed by atoms with Gasteiger partial charge in [-0.25, -0.2) is 0 Å². The molecule has 0 aliphatic rings. The van der Waals surface area contributed by atoms with E-state index >= 15 is 0 Å². The van der Waals surface area contributed by atoms with E-state index in [0.29, 0.717) is 16.5 Å². The zero-order valence-electron chi connectivity index (χ0n) is 12.3. The van der Waals surface area contributed by atoms with Crippen molar-refractivity contribution < 1.29 is 9.53 Å². The summed E-state index contributed by atoms with van der Waals surface area (Å²) >= 11 is 7.64. The fourth-order valence-electron chi connectivity index (χ4n) is 2.22. The van der Waals surface area contributed by atoms with Gasteiger partial charge in [-0.3, -0.25) is 4.79 Å². The summed E-state index contributed by atoms with van der Waals surface area (Å²) in [5.41, 5.74) is 8.96. The van der Waals surface area contributed by atoms with Crippen molar-refractivity contribution in [2.45, 2.75) is 5.92 Å². The van der Waals surface area contributed by atoms with Crippen molar-refractivity contribution in [3.63, 3.8) is 0 Å². The maximum atomic E-state index is 11.3. The molecule has 2 rings (SSSR count). The number of methoxy groups -OCH3 is 1. The standard InChI is InChI=1S/C17H18ClNO2S/c1-21-17(20)11-22-10-15(12-5-3-2-4-6-12)14-9-13(18)7-8-16(14)19/h2-9,15H,10-11,19H2,1H3. The van der Waals surface area contributed by atoms with Gasteiger partial charge in [0.1, 0.15) is 0 Å². The Kier molecular flexibility index (Phi) is 6.16. The van der Waals surface area contributed by atoms with E-state index in [0.717, 1.165) is 16.9 Å². The molecule has 0 aliphatic carbocycles. The van der Waals surface area contributed by atoms with Crippen molar-refractivity contribution in [1.29, 1.82) is 0 Å². The number of ether oxygens (including phenoxy) is 1. The van der Waals surface area contributed by atoms with Crippen LogP contribution in [0.5, 0.6) is 0 Å². The molecule has 2 N–H and O–H groups in total. The largest absolute Gasteiger partial charge is 0.468 e. The van der Waals surface area contributed by atoms with Gasteiger partial charge in [-0.1, -0.05) is 41.9 Å². The van der Waals surface area contributed by atoms with Gasteiger partial charge >= 0.3 is 5.97 Å². The number of nitrogen functional groups attached to an aromatic ring is 1. The van der Waals surface area contributed by atoms with E-state index in [-0.39, 0.29) is 11.9 Å². The third-order valence-corrected chi connectivity index (χ3v) is 4.60. The second kappa shape index (κ2) is 8.11. The molecule has 0 aliphatic heterocycles. The van der Waals surface area contributed by atoms with Gasteiger partial charge in [-0.05, 0) is 29.3 Å². The van der Waals surface area contributed by atoms with Gasteiger partial charge < -0.3 is 10.5 Å². The molecular weight excluding hydrogens is 318 g/mol. The minimum Gasteiger partial charge on any atom is -0.468 e. The Morgan fingerprint density at radius 2 is 2.00 bits per heavy atom. The molecule has 1 atom stereocenters. The van der Waals surface area contributed by atoms with Gasteiger partial charge in [0.25, 0.3) is 0 Å². The minimum atomic E-state index is -0.226. The van der Waals surface area contributed by atoms with E-state index in [2.05, 4.69) is 16.9 Å². The first-order valence-corrected chi connectivity index (χ1v) is 8.39. The third kappa shape index (κ3) is 4.42. The van der Waals surface area contributed by atoms with Crippen molar-refractivity contribution in [1.82, 2.24) is 0 Å². The second-order valence-electron chi connectivity index (χ2n) is 4.83. The summed E-state index contributed by atoms with van der Waals surface area (Å²) in [6.45, 7) is 0. The van der Waals surface area contributed by atoms with E-state index in [1.54, 1.807) is 6.07 Å². The van der Waals surface area contributed by atoms with Crippen LogP contribution in [0, 0.1) is 0 Å². The zero-order valence-corrected chi connectivity index (χ0v) is 13.9. The quantitative estimate of drug-likeness (QED) is 0.641. The molecule has 3 nitrogen and oxygen atoms in total. The molecule has 116 valence electrons. The van der Waals surface area contributed by atoms with Crippen LogP contribution in [-0.4, -0.2) is 24.6 Å². The van der Waals surface area contributed by atoms with Crippen molar-refractivity contribution in [3.05, 3.63) is 64.7 Å². The van der Waals surface area contributed by atoms with Crippen LogP contribution in [0.1, 0.15) is 17.0 Å². The summed E-state index contributed by atoms with van der Waals surface area (Å²) in [6, 6.07) is 15.6. The number of benzene rings is 2. The zero-order chi connectivity index (χ0) is 15.9. The second-order valence-corrected chi connectivity index (χ2v) is 6.29. The van der Waals surface area contributed by atoms with Crippen LogP contribution in [0.15, 0.2) is 48.5 Å². The molecule has 0 saturated heterocycles. The molecule has 5 heteroatoms. The summed E-state index contributed by atoms with van der Waals surface area (Å²) in [4.78, 5) is 11.3. The number of halogens is 1. The molecule has 0 heterocycles. The lowest BCUT2D eigenvalue weighted by Crippen LogP contribution is -2.10. The maximum absolute atomic E-state index is 11.3. The lowest BCUT2D eigenvalue weighted by atomic mass is 9.92. The Hall–Kier alpha value is -1.65. The number of hydrogen-bond acceptors (Lipinski definition) is 4. The summed E-state index contributed by atoms with van der Waals surface area (Å²) in [7, 11) is 1.40. The van der Waals surface area contributed by atoms with Crippen LogP contribution in [0.4, 0.5) is 5.69 Å². The molecule has 0 saturated carbocycles. The number of hydrogen-bond donors (Lipinski definition) is 1. The van der Waals surface area contributed by atoms with Gasteiger partial charge in [0.15, 0.2) is 0 Å². The number of carbonyl (C=O) groups is 1. The molecule has 0 amide bonds. The van der Waals surface area contributed by atoms with Crippen molar-refractivity contribution in [2.24, 2.45) is 0 Å². The van der Waals surface area contributed by atoms with Crippen LogP contribution in [0.3, 0.4) is 0 Å². The van der Waals surface area contributed by atoms with Crippen LogP contribution >= 0.6 is 23.4 Å². The van der Waals surface area contributed by atoms with Crippen LogP contribution in [0.25, 0.3) is 0 Å². The lowest BCUT2D eigenvalue weighted by Gasteiger charge is -2.19. The van der Waals surface area contributed by atoms with Crippen LogP contribution in [0.2, 0.25) is 5.02 Å². The fraction of sp³-hybridized carbons (Fsp3) is 0.235. The van der Waals surface area contributed by atoms with Gasteiger partial charge in [-0.15, -0.1) is 11.8 Å². The number of rotatable bonds is 6. The first-order valence-electron chi connectivity index (χ1n) is 6.86. The molecule has 22 heavy (non-hydrogen) atoms. The summed E-state index contributed by atoms with van der Waals surface area (Å²) < 4.78 is 4.68. The highest BCUT2D eigenvalue weighted by Crippen LogP contribution is 2.33. The Balaban J connectivity index is 2.25. The predicted molar refractivity (Wildman–Crippen MR) is 93.5 cm³/mol. The molecule has 0 spiro atoms. The molecule has 1 unspecified atom stereocenters. The lowest BCUT2D eigenvalue weighted by molar-refractivity contribution is -0.137. The number of nitrogens with two attached hydrogens (primary N) is 1. The number of anilines is 1. The van der Waals surface area contributed by atoms with Crippen molar-refractivity contribution >= 4 is 35.0 Å². The molecule has 0 fully saturated rings. The van der Waals surface area contributed by atoms with Crippen LogP contribution < -0.4 is 5.73 Å². The Morgan fingerprint density at radius 3 is 2.68 bits per heavy atom. The summed E-state index contributed by atoms with van der Waals surface area (Å²) in [5.74, 6) is 0.898. The smallest absolute Gasteiger partial charge is 0.315 e. The summed E-state index contributed by atoms with van der Waals surface area (Å²) in [6.07, 6.45) is 0. The van der Waals surface area contributed by atoms with Gasteiger partial charge in [0.2, 0.25) is 0 Å². The highest BCUT2D eigenvalue weighted by molar-refractivity contribution is 7.99. The Bertz CT molecular complexity index is 634. The van der Waals surface area contributed by atoms with E-state index < -0.39 is 0 Å². The SMILES string of the molecule is COC(=O)CSCC(c1ccccc1)c1cc(Cl)ccc1N. The van der Waals surface area contributed by atoms with E-state index in [1.165, 1.54) is 18.9 Å². The topological polar surface area (TPSA) is 52.3 Å². The minimum absolute atomic E-state index is 0.0783. The molecular formula is C17H18ClNO2S. The normalized spacial score (nSPS) is 11.9. The average Bonchev–Trinajstić information content (AvgIpc) is 2.54. The molecule has 0 radical (unpaired) electrons. The number of thioether (sulfide) groups is 1. The maximum Gasteiger partial charge on any atom is 0.315 e. The van der Waals surface area contributed by atoms with Crippen LogP contribution in [-0.2, 0) is 9.53 Å². The Morgan fingerprint density at radius 1 is 1.27 bits per heavy atom. The number of carbonyl (C=O) groups excluding carboxylic acids is 1.